The number of hydrogen-bond donors (Lipinski definition) is 1. The van der Waals surface area contributed by atoms with Crippen molar-refractivity contribution in [3.8, 4) is 0 Å². The third kappa shape index (κ3) is 2.43. The average molecular weight is 229 g/mol. The van der Waals surface area contributed by atoms with E-state index >= 15 is 0 Å². The lowest BCUT2D eigenvalue weighted by Crippen LogP contribution is -1.97. The van der Waals surface area contributed by atoms with Crippen LogP contribution in [0.4, 0.5) is 0 Å². The van der Waals surface area contributed by atoms with Crippen LogP contribution in [0.5, 0.6) is 0 Å². The van der Waals surface area contributed by atoms with Crippen LogP contribution in [0.2, 0.25) is 0 Å². The van der Waals surface area contributed by atoms with E-state index < -0.39 is 6.10 Å². The van der Waals surface area contributed by atoms with E-state index in [0.717, 1.165) is 10.0 Å². The molecule has 0 aliphatic heterocycles. The Morgan fingerprint density at radius 1 is 1.58 bits per heavy atom. The largest absolute Gasteiger partial charge is 0.388 e. The third-order valence-electron chi connectivity index (χ3n) is 1.55. The molecular formula is C9H9BrO2. The van der Waals surface area contributed by atoms with Crippen molar-refractivity contribution >= 4 is 22.2 Å². The summed E-state index contributed by atoms with van der Waals surface area (Å²) in [5.41, 5.74) is 0.761. The maximum Gasteiger partial charge on any atom is 0.122 e. The quantitative estimate of drug-likeness (QED) is 0.805. The van der Waals surface area contributed by atoms with Crippen LogP contribution in [-0.2, 0) is 4.79 Å². The summed E-state index contributed by atoms with van der Waals surface area (Å²) in [5.74, 6) is 0. The van der Waals surface area contributed by atoms with Crippen molar-refractivity contribution in [2.24, 2.45) is 0 Å². The second-order valence-electron chi connectivity index (χ2n) is 2.47. The van der Waals surface area contributed by atoms with Crippen molar-refractivity contribution in [2.45, 2.75) is 12.5 Å². The van der Waals surface area contributed by atoms with Crippen LogP contribution < -0.4 is 0 Å². The van der Waals surface area contributed by atoms with Crippen molar-refractivity contribution in [3.63, 3.8) is 0 Å². The first-order valence-corrected chi connectivity index (χ1v) is 4.40. The molecule has 1 N–H and O–H groups in total. The predicted octanol–water partition coefficient (Wildman–Crippen LogP) is 2.07. The van der Waals surface area contributed by atoms with Crippen molar-refractivity contribution in [3.05, 3.63) is 34.3 Å². The molecule has 0 fully saturated rings. The molecule has 12 heavy (non-hydrogen) atoms. The lowest BCUT2D eigenvalue weighted by Gasteiger charge is -2.06. The van der Waals surface area contributed by atoms with E-state index in [1.165, 1.54) is 0 Å². The molecule has 0 bridgehead atoms. The van der Waals surface area contributed by atoms with Gasteiger partial charge in [-0.25, -0.2) is 0 Å². The molecule has 0 amide bonds. The number of aldehydes is 1. The number of carbonyl (C=O) groups is 1. The first-order valence-electron chi connectivity index (χ1n) is 3.61. The predicted molar refractivity (Wildman–Crippen MR) is 49.8 cm³/mol. The Hall–Kier alpha value is -0.670. The number of carbonyl (C=O) groups excluding carboxylic acids is 1. The van der Waals surface area contributed by atoms with Crippen LogP contribution in [0, 0.1) is 0 Å². The Morgan fingerprint density at radius 3 is 2.92 bits per heavy atom. The van der Waals surface area contributed by atoms with Crippen LogP contribution in [0.1, 0.15) is 18.1 Å². The zero-order chi connectivity index (χ0) is 8.97. The molecular weight excluding hydrogens is 220 g/mol. The summed E-state index contributed by atoms with van der Waals surface area (Å²) in [4.78, 5) is 10.1. The molecule has 0 aliphatic carbocycles. The lowest BCUT2D eigenvalue weighted by atomic mass is 10.1. The fraction of sp³-hybridized carbons (Fsp3) is 0.222. The number of aliphatic hydroxyl groups is 1. The Labute approximate surface area is 79.3 Å². The molecule has 1 aromatic rings. The van der Waals surface area contributed by atoms with Gasteiger partial charge in [-0.05, 0) is 17.7 Å². The van der Waals surface area contributed by atoms with Gasteiger partial charge in [-0.3, -0.25) is 0 Å². The highest BCUT2D eigenvalue weighted by atomic mass is 79.9. The molecule has 2 nitrogen and oxygen atoms in total. The molecule has 0 aromatic heterocycles. The summed E-state index contributed by atoms with van der Waals surface area (Å²) in [6, 6.07) is 7.29. The van der Waals surface area contributed by atoms with Gasteiger partial charge in [-0.1, -0.05) is 28.1 Å². The smallest absolute Gasteiger partial charge is 0.122 e. The molecule has 1 aromatic carbocycles. The maximum atomic E-state index is 10.1. The number of rotatable bonds is 3. The van der Waals surface area contributed by atoms with Crippen molar-refractivity contribution in [2.75, 3.05) is 0 Å². The van der Waals surface area contributed by atoms with Crippen molar-refractivity contribution in [1.29, 1.82) is 0 Å². The Balaban J connectivity index is 2.80. The summed E-state index contributed by atoms with van der Waals surface area (Å²) in [6.07, 6.45) is 0.183. The molecule has 1 atom stereocenters. The van der Waals surface area contributed by atoms with E-state index in [9.17, 15) is 9.90 Å². The van der Waals surface area contributed by atoms with Crippen LogP contribution in [0.3, 0.4) is 0 Å². The number of hydrogen-bond acceptors (Lipinski definition) is 2. The van der Waals surface area contributed by atoms with Gasteiger partial charge in [0.1, 0.15) is 6.29 Å². The maximum absolute atomic E-state index is 10.1. The van der Waals surface area contributed by atoms with Crippen LogP contribution >= 0.6 is 15.9 Å². The summed E-state index contributed by atoms with van der Waals surface area (Å²) in [7, 11) is 0. The van der Waals surface area contributed by atoms with Gasteiger partial charge in [0.25, 0.3) is 0 Å². The molecule has 0 radical (unpaired) electrons. The highest BCUT2D eigenvalue weighted by Crippen LogP contribution is 2.19. The van der Waals surface area contributed by atoms with Crippen LogP contribution in [0.15, 0.2) is 28.7 Å². The second-order valence-corrected chi connectivity index (χ2v) is 3.39. The Kier molecular flexibility index (Phi) is 3.44. The fourth-order valence-corrected chi connectivity index (χ4v) is 1.36. The highest BCUT2D eigenvalue weighted by Gasteiger charge is 2.05. The number of aliphatic hydroxyl groups excluding tert-OH is 1. The van der Waals surface area contributed by atoms with Crippen molar-refractivity contribution in [1.82, 2.24) is 0 Å². The molecule has 0 aliphatic rings. The van der Waals surface area contributed by atoms with E-state index in [2.05, 4.69) is 15.9 Å². The summed E-state index contributed by atoms with van der Waals surface area (Å²) >= 11 is 3.28. The minimum atomic E-state index is -0.681. The Morgan fingerprint density at radius 2 is 2.33 bits per heavy atom. The minimum Gasteiger partial charge on any atom is -0.388 e. The van der Waals surface area contributed by atoms with Gasteiger partial charge in [0.05, 0.1) is 6.10 Å². The SMILES string of the molecule is O=CCC(O)c1cccc(Br)c1. The molecule has 3 heteroatoms. The number of benzene rings is 1. The van der Waals surface area contributed by atoms with Gasteiger partial charge >= 0.3 is 0 Å². The van der Waals surface area contributed by atoms with Crippen LogP contribution in [0.25, 0.3) is 0 Å². The zero-order valence-electron chi connectivity index (χ0n) is 6.40. The van der Waals surface area contributed by atoms with E-state index in [4.69, 9.17) is 0 Å². The molecule has 64 valence electrons. The highest BCUT2D eigenvalue weighted by molar-refractivity contribution is 9.10. The molecule has 0 saturated carbocycles. The van der Waals surface area contributed by atoms with Gasteiger partial charge in [0, 0.05) is 10.9 Å². The van der Waals surface area contributed by atoms with Gasteiger partial charge < -0.3 is 9.90 Å². The third-order valence-corrected chi connectivity index (χ3v) is 2.05. The molecule has 1 unspecified atom stereocenters. The minimum absolute atomic E-state index is 0.149. The summed E-state index contributed by atoms with van der Waals surface area (Å²) in [6.45, 7) is 0. The lowest BCUT2D eigenvalue weighted by molar-refractivity contribution is -0.109. The topological polar surface area (TPSA) is 37.3 Å². The second kappa shape index (κ2) is 4.38. The summed E-state index contributed by atoms with van der Waals surface area (Å²) < 4.78 is 0.907. The standard InChI is InChI=1S/C9H9BrO2/c10-8-3-1-2-7(6-8)9(12)4-5-11/h1-3,5-6,9,12H,4H2. The van der Waals surface area contributed by atoms with Gasteiger partial charge in [0.15, 0.2) is 0 Å². The van der Waals surface area contributed by atoms with E-state index in [1.54, 1.807) is 12.1 Å². The van der Waals surface area contributed by atoms with Gasteiger partial charge in [0.2, 0.25) is 0 Å². The fourth-order valence-electron chi connectivity index (χ4n) is 0.941. The normalized spacial score (nSPS) is 12.5. The number of halogens is 1. The monoisotopic (exact) mass is 228 g/mol. The zero-order valence-corrected chi connectivity index (χ0v) is 7.99. The van der Waals surface area contributed by atoms with Crippen LogP contribution in [-0.4, -0.2) is 11.4 Å². The Bertz CT molecular complexity index is 273. The van der Waals surface area contributed by atoms with Crippen molar-refractivity contribution < 1.29 is 9.90 Å². The first-order chi connectivity index (χ1) is 5.74. The average Bonchev–Trinajstić information content (AvgIpc) is 2.05. The van der Waals surface area contributed by atoms with E-state index in [1.807, 2.05) is 12.1 Å². The molecule has 0 saturated heterocycles. The molecule has 0 spiro atoms. The van der Waals surface area contributed by atoms with Gasteiger partial charge in [-0.15, -0.1) is 0 Å². The molecule has 0 heterocycles. The molecule has 1 rings (SSSR count). The summed E-state index contributed by atoms with van der Waals surface area (Å²) in [5, 5.41) is 9.39. The first kappa shape index (κ1) is 9.42. The van der Waals surface area contributed by atoms with E-state index in [-0.39, 0.29) is 6.42 Å². The van der Waals surface area contributed by atoms with E-state index in [0.29, 0.717) is 6.29 Å². The van der Waals surface area contributed by atoms with Gasteiger partial charge in [-0.2, -0.15) is 0 Å².